The third kappa shape index (κ3) is 45.5. The molecule has 0 atom stereocenters. The van der Waals surface area contributed by atoms with Crippen LogP contribution in [0.4, 0.5) is 4.53 Å². The van der Waals surface area contributed by atoms with Gasteiger partial charge in [-0.1, -0.05) is 43.4 Å². The molecule has 3 nitrogen and oxygen atoms in total. The van der Waals surface area contributed by atoms with Crippen molar-refractivity contribution in [1.29, 1.82) is 0 Å². The van der Waals surface area contributed by atoms with Crippen molar-refractivity contribution >= 4 is 10.1 Å². The van der Waals surface area contributed by atoms with Crippen LogP contribution >= 0.6 is 0 Å². The fourth-order valence-electron chi connectivity index (χ4n) is 1.09. The maximum atomic E-state index is 11.3. The van der Waals surface area contributed by atoms with Gasteiger partial charge in [-0.2, -0.15) is 8.42 Å². The Morgan fingerprint density at radius 1 is 0.762 bits per heavy atom. The van der Waals surface area contributed by atoms with Gasteiger partial charge in [0.05, 0.1) is 5.75 Å². The molecule has 0 N–H and O–H groups in total. The molecule has 0 spiro atoms. The molecule has 0 fully saturated rings. The minimum Gasteiger partial charge on any atom is -0.197 e. The van der Waals surface area contributed by atoms with Gasteiger partial charge in [0.2, 0.25) is 0 Å². The van der Waals surface area contributed by atoms with Gasteiger partial charge in [-0.3, -0.25) is 0 Å². The molecular weight excluding hydrogens is 291 g/mol. The van der Waals surface area contributed by atoms with Gasteiger partial charge in [-0.15, -0.1) is 52.6 Å². The molecule has 0 aromatic heterocycles. The molecule has 21 heavy (non-hydrogen) atoms. The number of hydrogen-bond donors (Lipinski definition) is 0. The van der Waals surface area contributed by atoms with E-state index in [4.69, 9.17) is 0 Å². The van der Waals surface area contributed by atoms with E-state index in [1.165, 1.54) is 6.42 Å². The highest BCUT2D eigenvalue weighted by molar-refractivity contribution is 7.86. The summed E-state index contributed by atoms with van der Waals surface area (Å²) in [5, 5.41) is 0. The highest BCUT2D eigenvalue weighted by atomic mass is 32.2. The van der Waals surface area contributed by atoms with Crippen molar-refractivity contribution in [2.24, 2.45) is 0 Å². The van der Waals surface area contributed by atoms with Crippen LogP contribution in [-0.2, 0) is 14.5 Å². The highest BCUT2D eigenvalue weighted by Crippen LogP contribution is 2.07. The number of rotatable bonds is 8. The first kappa shape index (κ1) is 31.9. The van der Waals surface area contributed by atoms with Crippen LogP contribution in [0.5, 0.6) is 0 Å². The molecule has 0 aromatic carbocycles. The SMILES string of the molecule is C=C.C=C.C=C.C=C.CCCCCCCCS(=O)(=O)OF. The molecule has 5 heteroatoms. The fourth-order valence-corrected chi connectivity index (χ4v) is 1.71. The molecule has 0 aliphatic rings. The second-order valence-corrected chi connectivity index (χ2v) is 4.74. The van der Waals surface area contributed by atoms with E-state index in [2.05, 4.69) is 63.9 Å². The van der Waals surface area contributed by atoms with Gasteiger partial charge in [-0.25, -0.2) is 0 Å². The molecule has 0 aliphatic heterocycles. The summed E-state index contributed by atoms with van der Waals surface area (Å²) in [6.45, 7) is 26.1. The molecule has 0 heterocycles. The molecule has 0 bridgehead atoms. The Morgan fingerprint density at radius 2 is 1.10 bits per heavy atom. The van der Waals surface area contributed by atoms with Crippen LogP contribution in [0.1, 0.15) is 45.4 Å². The molecule has 0 saturated heterocycles. The lowest BCUT2D eigenvalue weighted by Crippen LogP contribution is -2.05. The van der Waals surface area contributed by atoms with Gasteiger partial charge in [0.25, 0.3) is 10.1 Å². The minimum atomic E-state index is -3.88. The van der Waals surface area contributed by atoms with Crippen LogP contribution in [0.3, 0.4) is 0 Å². The Balaban J connectivity index is -0.0000000912. The molecular formula is C16H33FO3S. The van der Waals surface area contributed by atoms with Crippen LogP contribution in [0.2, 0.25) is 0 Å². The maximum Gasteiger partial charge on any atom is 0.297 e. The van der Waals surface area contributed by atoms with Gasteiger partial charge in [0.15, 0.2) is 0 Å². The third-order valence-electron chi connectivity index (χ3n) is 1.84. The first-order valence-corrected chi connectivity index (χ1v) is 8.23. The van der Waals surface area contributed by atoms with E-state index in [1.807, 2.05) is 0 Å². The van der Waals surface area contributed by atoms with E-state index in [9.17, 15) is 12.9 Å². The summed E-state index contributed by atoms with van der Waals surface area (Å²) in [4.78, 5) is 0. The molecule has 0 amide bonds. The average molecular weight is 325 g/mol. The summed E-state index contributed by atoms with van der Waals surface area (Å²) in [6.07, 6.45) is 5.76. The van der Waals surface area contributed by atoms with Gasteiger partial charge < -0.3 is 0 Å². The molecule has 0 aromatic rings. The number of halogens is 1. The first-order valence-electron chi connectivity index (χ1n) is 6.65. The van der Waals surface area contributed by atoms with Crippen molar-refractivity contribution in [1.82, 2.24) is 0 Å². The quantitative estimate of drug-likeness (QED) is 0.419. The van der Waals surface area contributed by atoms with Gasteiger partial charge >= 0.3 is 0 Å². The van der Waals surface area contributed by atoms with Crippen molar-refractivity contribution in [3.05, 3.63) is 52.6 Å². The summed E-state index contributed by atoms with van der Waals surface area (Å²) in [5.41, 5.74) is 0. The van der Waals surface area contributed by atoms with Crippen LogP contribution in [0.25, 0.3) is 0 Å². The topological polar surface area (TPSA) is 43.4 Å². The maximum absolute atomic E-state index is 11.3. The van der Waals surface area contributed by atoms with E-state index >= 15 is 0 Å². The predicted molar refractivity (Wildman–Crippen MR) is 94.4 cm³/mol. The van der Waals surface area contributed by atoms with Gasteiger partial charge in [0, 0.05) is 0 Å². The molecule has 0 radical (unpaired) electrons. The van der Waals surface area contributed by atoms with Crippen molar-refractivity contribution in [2.45, 2.75) is 45.4 Å². The van der Waals surface area contributed by atoms with Crippen molar-refractivity contribution in [2.75, 3.05) is 5.75 Å². The predicted octanol–water partition coefficient (Wildman–Crippen LogP) is 5.79. The van der Waals surface area contributed by atoms with Gasteiger partial charge in [-0.05, 0) is 10.9 Å². The second-order valence-electron chi connectivity index (χ2n) is 3.09. The fraction of sp³-hybridized carbons (Fsp3) is 0.500. The summed E-state index contributed by atoms with van der Waals surface area (Å²) in [5.74, 6) is -0.213. The van der Waals surface area contributed by atoms with Crippen LogP contribution in [-0.4, -0.2) is 14.2 Å². The van der Waals surface area contributed by atoms with E-state index in [-0.39, 0.29) is 5.75 Å². The molecule has 128 valence electrons. The zero-order valence-electron chi connectivity index (χ0n) is 13.6. The number of unbranched alkanes of at least 4 members (excludes halogenated alkanes) is 5. The molecule has 0 aliphatic carbocycles. The molecule has 0 rings (SSSR count). The second kappa shape index (κ2) is 36.4. The summed E-state index contributed by atoms with van der Waals surface area (Å²) in [7, 11) is -3.88. The number of hydrogen-bond acceptors (Lipinski definition) is 3. The lowest BCUT2D eigenvalue weighted by Gasteiger charge is -1.99. The van der Waals surface area contributed by atoms with Gasteiger partial charge in [0.1, 0.15) is 0 Å². The van der Waals surface area contributed by atoms with E-state index in [1.54, 1.807) is 0 Å². The Kier molecular flexibility index (Phi) is 55.3. The Labute approximate surface area is 131 Å². The third-order valence-corrected chi connectivity index (χ3v) is 2.82. The van der Waals surface area contributed by atoms with Crippen LogP contribution < -0.4 is 0 Å². The van der Waals surface area contributed by atoms with Crippen molar-refractivity contribution in [3.63, 3.8) is 0 Å². The highest BCUT2D eigenvalue weighted by Gasteiger charge is 2.09. The summed E-state index contributed by atoms with van der Waals surface area (Å²) < 4.78 is 35.1. The summed E-state index contributed by atoms with van der Waals surface area (Å²) >= 11 is 0. The van der Waals surface area contributed by atoms with Crippen molar-refractivity contribution < 1.29 is 17.3 Å². The first-order chi connectivity index (χ1) is 10.1. The van der Waals surface area contributed by atoms with Crippen LogP contribution in [0.15, 0.2) is 52.6 Å². The lowest BCUT2D eigenvalue weighted by molar-refractivity contribution is 0.00288. The van der Waals surface area contributed by atoms with E-state index in [0.29, 0.717) is 6.42 Å². The Hall–Kier alpha value is -1.20. The zero-order chi connectivity index (χ0) is 18.2. The van der Waals surface area contributed by atoms with Crippen LogP contribution in [0, 0.1) is 0 Å². The molecule has 0 saturated carbocycles. The minimum absolute atomic E-state index is 0.213. The smallest absolute Gasteiger partial charge is 0.197 e. The van der Waals surface area contributed by atoms with E-state index < -0.39 is 10.1 Å². The van der Waals surface area contributed by atoms with Crippen molar-refractivity contribution in [3.8, 4) is 0 Å². The average Bonchev–Trinajstić information content (AvgIpc) is 2.58. The summed E-state index contributed by atoms with van der Waals surface area (Å²) in [6, 6.07) is 0. The zero-order valence-corrected chi connectivity index (χ0v) is 14.4. The Bertz CT molecular complexity index is 246. The largest absolute Gasteiger partial charge is 0.297 e. The molecule has 0 unspecified atom stereocenters. The monoisotopic (exact) mass is 324 g/mol. The Morgan fingerprint density at radius 3 is 1.43 bits per heavy atom. The standard InChI is InChI=1S/C8H17FO3S.4C2H4/c1-2-3-4-5-6-7-8-13(10,11)12-9;4*1-2/h2-8H2,1H3;4*1-2H2. The van der Waals surface area contributed by atoms with E-state index in [0.717, 1.165) is 25.7 Å². The normalized spacial score (nSPS) is 8.10. The lowest BCUT2D eigenvalue weighted by atomic mass is 10.1.